The van der Waals surface area contributed by atoms with E-state index in [9.17, 15) is 0 Å². The number of hydrogen-bond acceptors (Lipinski definition) is 2. The van der Waals surface area contributed by atoms with E-state index in [1.54, 1.807) is 0 Å². The number of hydrogen-bond donors (Lipinski definition) is 1. The number of pyridine rings is 1. The van der Waals surface area contributed by atoms with Crippen LogP contribution in [0.2, 0.25) is 5.02 Å². The van der Waals surface area contributed by atoms with Gasteiger partial charge in [-0.25, -0.2) is 4.98 Å². The molecule has 2 rings (SSSR count). The minimum atomic E-state index is 0.739. The molecular formula is C12H11ClN2. The SMILES string of the molecule is CNc1cccc(-c2ccc(Cl)cc2)n1. The lowest BCUT2D eigenvalue weighted by Crippen LogP contribution is -1.92. The molecule has 0 aliphatic carbocycles. The predicted molar refractivity (Wildman–Crippen MR) is 64.2 cm³/mol. The van der Waals surface area contributed by atoms with E-state index < -0.39 is 0 Å². The van der Waals surface area contributed by atoms with Crippen LogP contribution in [0.1, 0.15) is 0 Å². The Morgan fingerprint density at radius 2 is 1.80 bits per heavy atom. The predicted octanol–water partition coefficient (Wildman–Crippen LogP) is 3.44. The number of rotatable bonds is 2. The van der Waals surface area contributed by atoms with Gasteiger partial charge in [-0.15, -0.1) is 0 Å². The number of halogens is 1. The van der Waals surface area contributed by atoms with Crippen molar-refractivity contribution in [1.29, 1.82) is 0 Å². The molecule has 1 aromatic heterocycles. The first kappa shape index (κ1) is 9.99. The summed E-state index contributed by atoms with van der Waals surface area (Å²) < 4.78 is 0. The lowest BCUT2D eigenvalue weighted by atomic mass is 10.1. The summed E-state index contributed by atoms with van der Waals surface area (Å²) in [6, 6.07) is 13.5. The minimum Gasteiger partial charge on any atom is -0.373 e. The molecule has 2 nitrogen and oxygen atoms in total. The molecule has 0 atom stereocenters. The molecule has 0 saturated carbocycles. The summed E-state index contributed by atoms with van der Waals surface area (Å²) in [7, 11) is 1.86. The summed E-state index contributed by atoms with van der Waals surface area (Å²) in [5, 5.41) is 3.75. The van der Waals surface area contributed by atoms with Gasteiger partial charge < -0.3 is 5.32 Å². The van der Waals surface area contributed by atoms with Gasteiger partial charge in [-0.3, -0.25) is 0 Å². The van der Waals surface area contributed by atoms with Crippen LogP contribution in [-0.2, 0) is 0 Å². The summed E-state index contributed by atoms with van der Waals surface area (Å²) in [4.78, 5) is 4.44. The monoisotopic (exact) mass is 218 g/mol. The summed E-state index contributed by atoms with van der Waals surface area (Å²) in [6.07, 6.45) is 0. The van der Waals surface area contributed by atoms with Crippen LogP contribution in [0.3, 0.4) is 0 Å². The minimum absolute atomic E-state index is 0.739. The molecule has 0 spiro atoms. The molecule has 0 fully saturated rings. The fourth-order valence-electron chi connectivity index (χ4n) is 1.36. The zero-order valence-electron chi connectivity index (χ0n) is 8.37. The molecule has 0 saturated heterocycles. The molecule has 0 aliphatic heterocycles. The van der Waals surface area contributed by atoms with Crippen molar-refractivity contribution in [3.8, 4) is 11.3 Å². The molecule has 1 aromatic carbocycles. The number of anilines is 1. The number of nitrogens with zero attached hydrogens (tertiary/aromatic N) is 1. The van der Waals surface area contributed by atoms with Crippen molar-refractivity contribution in [1.82, 2.24) is 4.98 Å². The van der Waals surface area contributed by atoms with Gasteiger partial charge in [-0.2, -0.15) is 0 Å². The standard InChI is InChI=1S/C12H11ClN2/c1-14-12-4-2-3-11(15-12)9-5-7-10(13)8-6-9/h2-8H,1H3,(H,14,15). The topological polar surface area (TPSA) is 24.9 Å². The van der Waals surface area contributed by atoms with Gasteiger partial charge >= 0.3 is 0 Å². The Bertz CT molecular complexity index is 451. The fraction of sp³-hybridized carbons (Fsp3) is 0.0833. The molecule has 1 heterocycles. The quantitative estimate of drug-likeness (QED) is 0.835. The van der Waals surface area contributed by atoms with Gasteiger partial charge in [0.1, 0.15) is 5.82 Å². The van der Waals surface area contributed by atoms with E-state index >= 15 is 0 Å². The van der Waals surface area contributed by atoms with Crippen molar-refractivity contribution in [3.63, 3.8) is 0 Å². The summed E-state index contributed by atoms with van der Waals surface area (Å²) >= 11 is 5.82. The summed E-state index contributed by atoms with van der Waals surface area (Å²) in [6.45, 7) is 0. The highest BCUT2D eigenvalue weighted by molar-refractivity contribution is 6.30. The normalized spacial score (nSPS) is 10.0. The van der Waals surface area contributed by atoms with Crippen LogP contribution in [0, 0.1) is 0 Å². The lowest BCUT2D eigenvalue weighted by Gasteiger charge is -2.03. The van der Waals surface area contributed by atoms with Crippen LogP contribution in [-0.4, -0.2) is 12.0 Å². The van der Waals surface area contributed by atoms with Crippen molar-refractivity contribution >= 4 is 17.4 Å². The maximum atomic E-state index is 5.82. The average Bonchev–Trinajstić information content (AvgIpc) is 2.30. The Morgan fingerprint density at radius 3 is 2.47 bits per heavy atom. The zero-order chi connectivity index (χ0) is 10.7. The second kappa shape index (κ2) is 4.32. The van der Waals surface area contributed by atoms with Crippen molar-refractivity contribution in [2.24, 2.45) is 0 Å². The third-order valence-electron chi connectivity index (χ3n) is 2.15. The Morgan fingerprint density at radius 1 is 1.07 bits per heavy atom. The Balaban J connectivity index is 2.40. The van der Waals surface area contributed by atoms with Gasteiger partial charge in [-0.05, 0) is 24.3 Å². The first-order valence-electron chi connectivity index (χ1n) is 4.70. The second-order valence-corrected chi connectivity index (χ2v) is 3.60. The first-order chi connectivity index (χ1) is 7.29. The smallest absolute Gasteiger partial charge is 0.126 e. The van der Waals surface area contributed by atoms with Crippen molar-refractivity contribution in [2.45, 2.75) is 0 Å². The Hall–Kier alpha value is -1.54. The van der Waals surface area contributed by atoms with E-state index in [4.69, 9.17) is 11.6 Å². The fourth-order valence-corrected chi connectivity index (χ4v) is 1.48. The maximum absolute atomic E-state index is 5.82. The molecule has 0 bridgehead atoms. The van der Waals surface area contributed by atoms with Gasteiger partial charge in [0, 0.05) is 17.6 Å². The molecule has 2 aromatic rings. The molecule has 0 unspecified atom stereocenters. The highest BCUT2D eigenvalue weighted by Gasteiger charge is 1.99. The Labute approximate surface area is 93.9 Å². The first-order valence-corrected chi connectivity index (χ1v) is 5.08. The summed E-state index contributed by atoms with van der Waals surface area (Å²) in [5.41, 5.74) is 2.01. The Kier molecular flexibility index (Phi) is 2.88. The van der Waals surface area contributed by atoms with Crippen LogP contribution in [0.25, 0.3) is 11.3 Å². The highest BCUT2D eigenvalue weighted by Crippen LogP contribution is 2.20. The third kappa shape index (κ3) is 2.28. The number of benzene rings is 1. The molecule has 76 valence electrons. The van der Waals surface area contributed by atoms with E-state index in [1.165, 1.54) is 0 Å². The second-order valence-electron chi connectivity index (χ2n) is 3.16. The van der Waals surface area contributed by atoms with Crippen molar-refractivity contribution < 1.29 is 0 Å². The molecule has 0 radical (unpaired) electrons. The van der Waals surface area contributed by atoms with Crippen molar-refractivity contribution in [3.05, 3.63) is 47.5 Å². The lowest BCUT2D eigenvalue weighted by molar-refractivity contribution is 1.29. The van der Waals surface area contributed by atoms with Gasteiger partial charge in [0.05, 0.1) is 5.69 Å². The van der Waals surface area contributed by atoms with E-state index in [1.807, 2.05) is 49.5 Å². The van der Waals surface area contributed by atoms with E-state index in [0.717, 1.165) is 22.1 Å². The molecule has 0 amide bonds. The summed E-state index contributed by atoms with van der Waals surface area (Å²) in [5.74, 6) is 0.863. The molecule has 15 heavy (non-hydrogen) atoms. The van der Waals surface area contributed by atoms with Crippen LogP contribution in [0.5, 0.6) is 0 Å². The molecule has 0 aliphatic rings. The van der Waals surface area contributed by atoms with Gasteiger partial charge in [0.25, 0.3) is 0 Å². The zero-order valence-corrected chi connectivity index (χ0v) is 9.12. The van der Waals surface area contributed by atoms with Crippen LogP contribution < -0.4 is 5.32 Å². The van der Waals surface area contributed by atoms with Gasteiger partial charge in [0.2, 0.25) is 0 Å². The number of nitrogens with one attached hydrogen (secondary N) is 1. The third-order valence-corrected chi connectivity index (χ3v) is 2.40. The number of aromatic nitrogens is 1. The van der Waals surface area contributed by atoms with E-state index in [2.05, 4.69) is 10.3 Å². The molecular weight excluding hydrogens is 208 g/mol. The van der Waals surface area contributed by atoms with Gasteiger partial charge in [0.15, 0.2) is 0 Å². The van der Waals surface area contributed by atoms with Crippen LogP contribution in [0.15, 0.2) is 42.5 Å². The highest BCUT2D eigenvalue weighted by atomic mass is 35.5. The van der Waals surface area contributed by atoms with Gasteiger partial charge in [-0.1, -0.05) is 29.8 Å². The maximum Gasteiger partial charge on any atom is 0.126 e. The molecule has 1 N–H and O–H groups in total. The van der Waals surface area contributed by atoms with Crippen LogP contribution in [0.4, 0.5) is 5.82 Å². The van der Waals surface area contributed by atoms with Crippen molar-refractivity contribution in [2.75, 3.05) is 12.4 Å². The van der Waals surface area contributed by atoms with E-state index in [-0.39, 0.29) is 0 Å². The molecule has 3 heteroatoms. The van der Waals surface area contributed by atoms with E-state index in [0.29, 0.717) is 0 Å². The largest absolute Gasteiger partial charge is 0.373 e. The average molecular weight is 219 g/mol. The van der Waals surface area contributed by atoms with Crippen LogP contribution >= 0.6 is 11.6 Å².